The maximum atomic E-state index is 12.6. The number of alkyl halides is 3. The van der Waals surface area contributed by atoms with E-state index in [4.69, 9.17) is 19.7 Å². The van der Waals surface area contributed by atoms with Crippen LogP contribution in [-0.2, 0) is 27.3 Å². The lowest BCUT2D eigenvalue weighted by Gasteiger charge is -2.32. The number of ether oxygens (including phenoxy) is 1. The quantitative estimate of drug-likeness (QED) is 0.681. The number of likely N-dealkylation sites (N-methyl/N-ethyl adjacent to an activating group) is 1. The number of fused-ring (bicyclic) bond motifs is 1. The minimum absolute atomic E-state index is 0.0163. The number of benzene rings is 1. The lowest BCUT2D eigenvalue weighted by molar-refractivity contribution is -0.192. The predicted molar refractivity (Wildman–Crippen MR) is 117 cm³/mol. The van der Waals surface area contributed by atoms with Gasteiger partial charge in [0.25, 0.3) is 0 Å². The first kappa shape index (κ1) is 25.7. The number of carboxylic acid groups (broad SMARTS) is 1. The molecular formula is C23H29F3N4O4. The van der Waals surface area contributed by atoms with Crippen LogP contribution in [-0.4, -0.2) is 70.6 Å². The van der Waals surface area contributed by atoms with Gasteiger partial charge in [-0.2, -0.15) is 18.3 Å². The summed E-state index contributed by atoms with van der Waals surface area (Å²) >= 11 is 0. The number of nitrogens with one attached hydrogen (secondary N) is 1. The van der Waals surface area contributed by atoms with E-state index in [0.29, 0.717) is 13.2 Å². The fourth-order valence-corrected chi connectivity index (χ4v) is 4.06. The third kappa shape index (κ3) is 7.04. The van der Waals surface area contributed by atoms with Crippen molar-refractivity contribution in [1.82, 2.24) is 20.0 Å². The summed E-state index contributed by atoms with van der Waals surface area (Å²) in [6.45, 7) is 2.90. The number of amides is 1. The zero-order valence-electron chi connectivity index (χ0n) is 18.9. The summed E-state index contributed by atoms with van der Waals surface area (Å²) in [5.41, 5.74) is 3.42. The molecule has 0 aliphatic carbocycles. The molecule has 0 radical (unpaired) electrons. The van der Waals surface area contributed by atoms with Crippen LogP contribution in [0.25, 0.3) is 0 Å². The zero-order valence-corrected chi connectivity index (χ0v) is 18.9. The Morgan fingerprint density at radius 2 is 1.94 bits per heavy atom. The molecule has 3 heterocycles. The van der Waals surface area contributed by atoms with Gasteiger partial charge in [-0.25, -0.2) is 4.79 Å². The molecule has 1 aromatic heterocycles. The highest BCUT2D eigenvalue weighted by atomic mass is 19.4. The van der Waals surface area contributed by atoms with E-state index in [9.17, 15) is 18.0 Å². The standard InChI is InChI=1S/C21H28N4O2.C2HF3O2/c1-24-11-6-5-9-18(24)21(26)22-13-19-20-17(10-12-27-19)15-25(23-20)14-16-7-3-2-4-8-16;3-2(4,5)1(6)7/h2-4,7-8,15,18-19H,5-6,9-14H2,1H3,(H,22,26);(H,6,7). The second-order valence-electron chi connectivity index (χ2n) is 8.37. The van der Waals surface area contributed by atoms with Gasteiger partial charge < -0.3 is 15.2 Å². The number of aliphatic carboxylic acids is 1. The van der Waals surface area contributed by atoms with Crippen LogP contribution in [0.3, 0.4) is 0 Å². The molecule has 1 amide bonds. The number of hydrogen-bond acceptors (Lipinski definition) is 5. The number of carbonyl (C=O) groups is 2. The first-order valence-corrected chi connectivity index (χ1v) is 11.1. The molecule has 0 bridgehead atoms. The lowest BCUT2D eigenvalue weighted by atomic mass is 10.0. The highest BCUT2D eigenvalue weighted by Gasteiger charge is 2.38. The molecule has 0 spiro atoms. The van der Waals surface area contributed by atoms with E-state index in [2.05, 4.69) is 28.5 Å². The van der Waals surface area contributed by atoms with Crippen molar-refractivity contribution in [2.24, 2.45) is 0 Å². The Kier molecular flexibility index (Phi) is 8.67. The Morgan fingerprint density at radius 3 is 2.59 bits per heavy atom. The highest BCUT2D eigenvalue weighted by Crippen LogP contribution is 2.26. The van der Waals surface area contributed by atoms with Gasteiger partial charge in [0.15, 0.2) is 0 Å². The van der Waals surface area contributed by atoms with Gasteiger partial charge in [0.1, 0.15) is 6.10 Å². The van der Waals surface area contributed by atoms with Crippen LogP contribution in [0.15, 0.2) is 36.5 Å². The molecule has 1 saturated heterocycles. The predicted octanol–water partition coefficient (Wildman–Crippen LogP) is 2.78. The third-order valence-electron chi connectivity index (χ3n) is 5.83. The van der Waals surface area contributed by atoms with Crippen molar-refractivity contribution in [2.45, 2.75) is 50.6 Å². The maximum absolute atomic E-state index is 12.6. The molecular weight excluding hydrogens is 453 g/mol. The Labute approximate surface area is 195 Å². The molecule has 2 aliphatic rings. The van der Waals surface area contributed by atoms with Crippen LogP contribution in [0.4, 0.5) is 13.2 Å². The summed E-state index contributed by atoms with van der Waals surface area (Å²) in [6, 6.07) is 10.3. The minimum Gasteiger partial charge on any atom is -0.475 e. The van der Waals surface area contributed by atoms with Gasteiger partial charge in [-0.05, 0) is 44.0 Å². The van der Waals surface area contributed by atoms with Gasteiger partial charge in [0.2, 0.25) is 5.91 Å². The normalized spacial score (nSPS) is 20.6. The fraction of sp³-hybridized carbons (Fsp3) is 0.522. The van der Waals surface area contributed by atoms with Crippen LogP contribution < -0.4 is 5.32 Å². The number of rotatable bonds is 5. The Bertz CT molecular complexity index is 965. The SMILES string of the molecule is CN1CCCCC1C(=O)NCC1OCCc2cn(Cc3ccccc3)nc21.O=C(O)C(F)(F)F. The van der Waals surface area contributed by atoms with Gasteiger partial charge in [-0.3, -0.25) is 14.4 Å². The molecule has 2 N–H and O–H groups in total. The fourth-order valence-electron chi connectivity index (χ4n) is 4.06. The first-order chi connectivity index (χ1) is 16.1. The smallest absolute Gasteiger partial charge is 0.475 e. The number of halogens is 3. The van der Waals surface area contributed by atoms with Gasteiger partial charge in [0, 0.05) is 12.7 Å². The van der Waals surface area contributed by atoms with Crippen molar-refractivity contribution >= 4 is 11.9 Å². The van der Waals surface area contributed by atoms with E-state index in [1.54, 1.807) is 0 Å². The van der Waals surface area contributed by atoms with Crippen molar-refractivity contribution in [3.05, 3.63) is 53.3 Å². The summed E-state index contributed by atoms with van der Waals surface area (Å²) in [7, 11) is 2.03. The molecule has 2 aromatic rings. The van der Waals surface area contributed by atoms with Crippen molar-refractivity contribution in [2.75, 3.05) is 26.7 Å². The van der Waals surface area contributed by atoms with Gasteiger partial charge in [0.05, 0.1) is 24.9 Å². The van der Waals surface area contributed by atoms with Gasteiger partial charge in [-0.15, -0.1) is 0 Å². The molecule has 1 aromatic carbocycles. The average molecular weight is 483 g/mol. The number of aromatic nitrogens is 2. The largest absolute Gasteiger partial charge is 0.490 e. The minimum atomic E-state index is -5.08. The Balaban J connectivity index is 0.000000406. The van der Waals surface area contributed by atoms with Crippen LogP contribution in [0.2, 0.25) is 0 Å². The zero-order chi connectivity index (χ0) is 24.7. The second-order valence-corrected chi connectivity index (χ2v) is 8.37. The highest BCUT2D eigenvalue weighted by molar-refractivity contribution is 5.81. The topological polar surface area (TPSA) is 96.7 Å². The summed E-state index contributed by atoms with van der Waals surface area (Å²) in [4.78, 5) is 23.6. The number of hydrogen-bond donors (Lipinski definition) is 2. The van der Waals surface area contributed by atoms with Crippen LogP contribution in [0, 0.1) is 0 Å². The van der Waals surface area contributed by atoms with Gasteiger partial charge >= 0.3 is 12.1 Å². The molecule has 34 heavy (non-hydrogen) atoms. The Hall–Kier alpha value is -2.92. The summed E-state index contributed by atoms with van der Waals surface area (Å²) < 4.78 is 39.6. The lowest BCUT2D eigenvalue weighted by Crippen LogP contribution is -2.48. The molecule has 2 unspecified atom stereocenters. The van der Waals surface area contributed by atoms with Crippen molar-refractivity contribution in [3.8, 4) is 0 Å². The third-order valence-corrected chi connectivity index (χ3v) is 5.83. The van der Waals surface area contributed by atoms with Crippen LogP contribution in [0.5, 0.6) is 0 Å². The van der Waals surface area contributed by atoms with E-state index in [1.165, 1.54) is 17.5 Å². The molecule has 186 valence electrons. The Morgan fingerprint density at radius 1 is 1.24 bits per heavy atom. The molecule has 4 rings (SSSR count). The van der Waals surface area contributed by atoms with E-state index in [1.807, 2.05) is 29.9 Å². The molecule has 8 nitrogen and oxygen atoms in total. The average Bonchev–Trinajstić information content (AvgIpc) is 3.21. The van der Waals surface area contributed by atoms with Crippen molar-refractivity contribution in [3.63, 3.8) is 0 Å². The van der Waals surface area contributed by atoms with Crippen molar-refractivity contribution < 1.29 is 32.6 Å². The maximum Gasteiger partial charge on any atom is 0.490 e. The number of carboxylic acids is 1. The van der Waals surface area contributed by atoms with E-state index in [0.717, 1.165) is 38.0 Å². The van der Waals surface area contributed by atoms with Crippen LogP contribution >= 0.6 is 0 Å². The van der Waals surface area contributed by atoms with Crippen LogP contribution in [0.1, 0.15) is 42.2 Å². The number of carbonyl (C=O) groups excluding carboxylic acids is 1. The van der Waals surface area contributed by atoms with Crippen molar-refractivity contribution in [1.29, 1.82) is 0 Å². The van der Waals surface area contributed by atoms with E-state index >= 15 is 0 Å². The monoisotopic (exact) mass is 482 g/mol. The molecule has 11 heteroatoms. The summed E-state index contributed by atoms with van der Waals surface area (Å²) in [5, 5.41) is 15.0. The van der Waals surface area contributed by atoms with E-state index in [-0.39, 0.29) is 18.1 Å². The number of likely N-dealkylation sites (tertiary alicyclic amines) is 1. The summed E-state index contributed by atoms with van der Waals surface area (Å²) in [5.74, 6) is -2.65. The number of piperidine rings is 1. The second kappa shape index (κ2) is 11.5. The first-order valence-electron chi connectivity index (χ1n) is 11.1. The molecule has 2 atom stereocenters. The summed E-state index contributed by atoms with van der Waals surface area (Å²) in [6.07, 6.45) is 0.979. The molecule has 2 aliphatic heterocycles. The number of nitrogens with zero attached hydrogens (tertiary/aromatic N) is 3. The van der Waals surface area contributed by atoms with E-state index < -0.39 is 12.1 Å². The van der Waals surface area contributed by atoms with Gasteiger partial charge in [-0.1, -0.05) is 36.8 Å². The molecule has 1 fully saturated rings. The molecule has 0 saturated carbocycles.